The zero-order valence-corrected chi connectivity index (χ0v) is 17.1. The Balaban J connectivity index is 1.65. The lowest BCUT2D eigenvalue weighted by atomic mass is 9.71. The summed E-state index contributed by atoms with van der Waals surface area (Å²) in [5.74, 6) is -0.373. The third-order valence-electron chi connectivity index (χ3n) is 5.36. The number of sulfonamides is 1. The van der Waals surface area contributed by atoms with Gasteiger partial charge in [-0.25, -0.2) is 17.8 Å². The van der Waals surface area contributed by atoms with Gasteiger partial charge in [-0.15, -0.1) is 0 Å². The fraction of sp³-hybridized carbons (Fsp3) is 0.450. The number of aromatic nitrogens is 2. The molecule has 0 saturated heterocycles. The van der Waals surface area contributed by atoms with Crippen LogP contribution in [0.15, 0.2) is 47.6 Å². The molecule has 1 fully saturated rings. The third kappa shape index (κ3) is 4.73. The molecule has 0 amide bonds. The number of rotatable bonds is 8. The number of benzene rings is 1. The first-order valence-corrected chi connectivity index (χ1v) is 11.1. The van der Waals surface area contributed by atoms with Gasteiger partial charge in [-0.05, 0) is 62.9 Å². The molecule has 156 valence electrons. The van der Waals surface area contributed by atoms with Crippen LogP contribution < -0.4 is 4.72 Å². The number of nitrogens with zero attached hydrogens (tertiary/aromatic N) is 2. The molecule has 0 radical (unpaired) electrons. The summed E-state index contributed by atoms with van der Waals surface area (Å²) in [5.41, 5.74) is -0.0785. The number of hydrogen-bond donors (Lipinski definition) is 1. The number of carbonyl (C=O) groups excluding carboxylic acids is 2. The lowest BCUT2D eigenvalue weighted by Gasteiger charge is -2.37. The molecule has 0 unspecified atom stereocenters. The molecule has 9 heteroatoms. The zero-order valence-electron chi connectivity index (χ0n) is 16.3. The van der Waals surface area contributed by atoms with Crippen LogP contribution in [0.1, 0.15) is 39.0 Å². The minimum absolute atomic E-state index is 0.0974. The van der Waals surface area contributed by atoms with Crippen molar-refractivity contribution >= 4 is 22.3 Å². The first kappa shape index (κ1) is 21.2. The quantitative estimate of drug-likeness (QED) is 0.519. The van der Waals surface area contributed by atoms with Gasteiger partial charge in [0, 0.05) is 24.9 Å². The summed E-state index contributed by atoms with van der Waals surface area (Å²) < 4.78 is 35.0. The molecule has 1 N–H and O–H groups in total. The Hall–Kier alpha value is -2.52. The van der Waals surface area contributed by atoms with E-state index < -0.39 is 15.4 Å². The maximum atomic E-state index is 12.7. The first-order valence-electron chi connectivity index (χ1n) is 9.63. The summed E-state index contributed by atoms with van der Waals surface area (Å²) in [4.78, 5) is 23.6. The van der Waals surface area contributed by atoms with Crippen molar-refractivity contribution in [1.29, 1.82) is 0 Å². The van der Waals surface area contributed by atoms with E-state index in [2.05, 4.69) is 9.82 Å². The second-order valence-electron chi connectivity index (χ2n) is 7.21. The lowest BCUT2D eigenvalue weighted by Crippen LogP contribution is -2.44. The fourth-order valence-corrected chi connectivity index (χ4v) is 5.02. The highest BCUT2D eigenvalue weighted by Crippen LogP contribution is 2.40. The van der Waals surface area contributed by atoms with Gasteiger partial charge in [-0.3, -0.25) is 4.79 Å². The van der Waals surface area contributed by atoms with E-state index in [9.17, 15) is 18.0 Å². The standard InChI is InChI=1S/C20H25N3O5S/c1-2-28-19(25)20(12-15-24)10-8-16(9-11-20)22-29(26,27)18-6-4-17(5-7-18)23-14-3-13-21-23/h3-7,13-16,22H,2,8-12H2,1H3. The molecule has 0 spiro atoms. The molecule has 2 aromatic rings. The zero-order chi connectivity index (χ0) is 20.9. The van der Waals surface area contributed by atoms with Crippen LogP contribution in [0.25, 0.3) is 5.69 Å². The smallest absolute Gasteiger partial charge is 0.312 e. The van der Waals surface area contributed by atoms with Gasteiger partial charge in [0.05, 0.1) is 22.6 Å². The Morgan fingerprint density at radius 1 is 1.31 bits per heavy atom. The molecule has 0 bridgehead atoms. The largest absolute Gasteiger partial charge is 0.466 e. The van der Waals surface area contributed by atoms with Gasteiger partial charge in [-0.1, -0.05) is 0 Å². The molecule has 29 heavy (non-hydrogen) atoms. The van der Waals surface area contributed by atoms with Crippen LogP contribution in [0, 0.1) is 5.41 Å². The predicted octanol–water partition coefficient (Wildman–Crippen LogP) is 2.23. The Kier molecular flexibility index (Phi) is 6.49. The second kappa shape index (κ2) is 8.87. The summed E-state index contributed by atoms with van der Waals surface area (Å²) in [6.07, 6.45) is 6.03. The van der Waals surface area contributed by atoms with Crippen LogP contribution >= 0.6 is 0 Å². The average molecular weight is 420 g/mol. The number of aldehydes is 1. The molecule has 8 nitrogen and oxygen atoms in total. The minimum Gasteiger partial charge on any atom is -0.466 e. The van der Waals surface area contributed by atoms with Crippen LogP contribution in [0.3, 0.4) is 0 Å². The van der Waals surface area contributed by atoms with E-state index in [1.807, 2.05) is 0 Å². The SMILES string of the molecule is CCOC(=O)C1(CC=O)CCC(NS(=O)(=O)c2ccc(-n3cccn3)cc2)CC1. The highest BCUT2D eigenvalue weighted by Gasteiger charge is 2.43. The molecule has 1 aromatic heterocycles. The van der Waals surface area contributed by atoms with Crippen LogP contribution in [-0.4, -0.2) is 43.1 Å². The number of nitrogens with one attached hydrogen (secondary N) is 1. The molecule has 1 aliphatic carbocycles. The van der Waals surface area contributed by atoms with Crippen molar-refractivity contribution in [2.45, 2.75) is 50.0 Å². The Morgan fingerprint density at radius 2 is 2.00 bits per heavy atom. The number of esters is 1. The maximum Gasteiger partial charge on any atom is 0.312 e. The normalized spacial score (nSPS) is 22.2. The number of hydrogen-bond acceptors (Lipinski definition) is 6. The van der Waals surface area contributed by atoms with E-state index in [0.717, 1.165) is 12.0 Å². The number of carbonyl (C=O) groups is 2. The van der Waals surface area contributed by atoms with Gasteiger partial charge in [-0.2, -0.15) is 5.10 Å². The average Bonchev–Trinajstić information content (AvgIpc) is 3.25. The highest BCUT2D eigenvalue weighted by atomic mass is 32.2. The van der Waals surface area contributed by atoms with E-state index in [1.165, 1.54) is 12.1 Å². The van der Waals surface area contributed by atoms with Gasteiger partial charge < -0.3 is 9.53 Å². The van der Waals surface area contributed by atoms with Crippen molar-refractivity contribution in [3.05, 3.63) is 42.7 Å². The van der Waals surface area contributed by atoms with Crippen LogP contribution in [0.4, 0.5) is 0 Å². The molecular weight excluding hydrogens is 394 g/mol. The Labute approximate surface area is 170 Å². The number of ether oxygens (including phenoxy) is 1. The Bertz CT molecular complexity index is 931. The van der Waals surface area contributed by atoms with Crippen molar-refractivity contribution in [2.75, 3.05) is 6.61 Å². The molecule has 0 aliphatic heterocycles. The fourth-order valence-electron chi connectivity index (χ4n) is 3.71. The monoisotopic (exact) mass is 419 g/mol. The van der Waals surface area contributed by atoms with Crippen LogP contribution in [0.5, 0.6) is 0 Å². The summed E-state index contributed by atoms with van der Waals surface area (Å²) in [7, 11) is -3.69. The lowest BCUT2D eigenvalue weighted by molar-refractivity contribution is -0.159. The minimum atomic E-state index is -3.69. The van der Waals surface area contributed by atoms with Crippen molar-refractivity contribution in [3.8, 4) is 5.69 Å². The predicted molar refractivity (Wildman–Crippen MR) is 106 cm³/mol. The molecule has 1 saturated carbocycles. The van der Waals surface area contributed by atoms with Gasteiger partial charge in [0.25, 0.3) is 0 Å². The van der Waals surface area contributed by atoms with E-state index in [1.54, 1.807) is 42.2 Å². The van der Waals surface area contributed by atoms with E-state index in [-0.39, 0.29) is 29.9 Å². The van der Waals surface area contributed by atoms with E-state index in [4.69, 9.17) is 4.74 Å². The first-order chi connectivity index (χ1) is 13.9. The molecule has 0 atom stereocenters. The molecule has 1 aromatic carbocycles. The summed E-state index contributed by atoms with van der Waals surface area (Å²) in [6.45, 7) is 1.98. The molecule has 1 heterocycles. The summed E-state index contributed by atoms with van der Waals surface area (Å²) >= 11 is 0. The second-order valence-corrected chi connectivity index (χ2v) is 8.93. The van der Waals surface area contributed by atoms with Crippen LogP contribution in [0.2, 0.25) is 0 Å². The van der Waals surface area contributed by atoms with Gasteiger partial charge >= 0.3 is 5.97 Å². The van der Waals surface area contributed by atoms with Gasteiger partial charge in [0.15, 0.2) is 0 Å². The maximum absolute atomic E-state index is 12.7. The van der Waals surface area contributed by atoms with Gasteiger partial charge in [0.2, 0.25) is 10.0 Å². The van der Waals surface area contributed by atoms with Crippen molar-refractivity contribution in [2.24, 2.45) is 5.41 Å². The molecule has 1 aliphatic rings. The van der Waals surface area contributed by atoms with Crippen molar-refractivity contribution < 1.29 is 22.7 Å². The Morgan fingerprint density at radius 3 is 2.55 bits per heavy atom. The highest BCUT2D eigenvalue weighted by molar-refractivity contribution is 7.89. The third-order valence-corrected chi connectivity index (χ3v) is 6.90. The van der Waals surface area contributed by atoms with Gasteiger partial charge in [0.1, 0.15) is 6.29 Å². The topological polar surface area (TPSA) is 107 Å². The summed E-state index contributed by atoms with van der Waals surface area (Å²) in [6, 6.07) is 7.96. The van der Waals surface area contributed by atoms with Crippen molar-refractivity contribution in [1.82, 2.24) is 14.5 Å². The van der Waals surface area contributed by atoms with Crippen molar-refractivity contribution in [3.63, 3.8) is 0 Å². The van der Waals surface area contributed by atoms with E-state index in [0.29, 0.717) is 25.7 Å². The molecular formula is C20H25N3O5S. The van der Waals surface area contributed by atoms with Crippen LogP contribution in [-0.2, 0) is 24.3 Å². The van der Waals surface area contributed by atoms with E-state index >= 15 is 0 Å². The summed E-state index contributed by atoms with van der Waals surface area (Å²) in [5, 5.41) is 4.12. The molecule has 3 rings (SSSR count).